The lowest BCUT2D eigenvalue weighted by Gasteiger charge is -2.15. The summed E-state index contributed by atoms with van der Waals surface area (Å²) in [5.74, 6) is 7.95. The van der Waals surface area contributed by atoms with Crippen LogP contribution in [0.2, 0.25) is 0 Å². The smallest absolute Gasteiger partial charge is 0.119 e. The van der Waals surface area contributed by atoms with Gasteiger partial charge in [-0.2, -0.15) is 0 Å². The monoisotopic (exact) mass is 570 g/mol. The first-order valence-electron chi connectivity index (χ1n) is 14.3. The molecule has 1 aromatic heterocycles. The van der Waals surface area contributed by atoms with Crippen LogP contribution in [-0.2, 0) is 19.4 Å². The summed E-state index contributed by atoms with van der Waals surface area (Å²) in [6.45, 7) is 4.30. The van der Waals surface area contributed by atoms with Crippen LogP contribution in [-0.4, -0.2) is 66.9 Å². The molecule has 10 nitrogen and oxygen atoms in total. The minimum Gasteiger partial charge on any atom is -0.492 e. The van der Waals surface area contributed by atoms with Crippen molar-refractivity contribution >= 4 is 5.70 Å². The number of nitrogens with two attached hydrogens (primary N) is 2. The van der Waals surface area contributed by atoms with Crippen LogP contribution in [0.5, 0.6) is 11.5 Å². The molecule has 4 rings (SSSR count). The fraction of sp³-hybridized carbons (Fsp3) is 0.312. The number of hydrogen-bond donors (Lipinski definition) is 4. The summed E-state index contributed by atoms with van der Waals surface area (Å²) >= 11 is 0. The van der Waals surface area contributed by atoms with E-state index < -0.39 is 0 Å². The van der Waals surface area contributed by atoms with Gasteiger partial charge in [0.25, 0.3) is 0 Å². The van der Waals surface area contributed by atoms with Gasteiger partial charge in [0, 0.05) is 37.9 Å². The fourth-order valence-corrected chi connectivity index (χ4v) is 4.24. The average Bonchev–Trinajstić information content (AvgIpc) is 3.50. The van der Waals surface area contributed by atoms with Crippen molar-refractivity contribution in [2.75, 3.05) is 46.9 Å². The van der Waals surface area contributed by atoms with E-state index in [1.807, 2.05) is 73.5 Å². The number of rotatable bonds is 17. The maximum Gasteiger partial charge on any atom is 0.119 e. The third-order valence-electron chi connectivity index (χ3n) is 6.73. The van der Waals surface area contributed by atoms with Gasteiger partial charge in [0.2, 0.25) is 0 Å². The summed E-state index contributed by atoms with van der Waals surface area (Å²) < 4.78 is 13.2. The highest BCUT2D eigenvalue weighted by molar-refractivity contribution is 5.66. The van der Waals surface area contributed by atoms with Gasteiger partial charge >= 0.3 is 0 Å². The van der Waals surface area contributed by atoms with Crippen molar-refractivity contribution in [1.82, 2.24) is 30.6 Å². The zero-order chi connectivity index (χ0) is 29.6. The topological polar surface area (TPSA) is 129 Å². The number of nitrogens with zero attached hydrogens (tertiary/aromatic N) is 4. The second-order valence-electron chi connectivity index (χ2n) is 9.96. The second-order valence-corrected chi connectivity index (χ2v) is 9.96. The van der Waals surface area contributed by atoms with E-state index in [4.69, 9.17) is 21.1 Å². The van der Waals surface area contributed by atoms with E-state index in [2.05, 4.69) is 45.2 Å². The molecule has 0 amide bonds. The summed E-state index contributed by atoms with van der Waals surface area (Å²) in [6, 6.07) is 24.2. The van der Waals surface area contributed by atoms with Crippen molar-refractivity contribution in [3.63, 3.8) is 0 Å². The molecule has 0 spiro atoms. The molecule has 10 heteroatoms. The molecular weight excluding hydrogens is 528 g/mol. The van der Waals surface area contributed by atoms with E-state index in [0.717, 1.165) is 60.8 Å². The van der Waals surface area contributed by atoms with E-state index in [0.29, 0.717) is 25.5 Å². The van der Waals surface area contributed by atoms with Gasteiger partial charge in [-0.1, -0.05) is 53.7 Å². The van der Waals surface area contributed by atoms with Crippen LogP contribution in [0.15, 0.2) is 85.2 Å². The van der Waals surface area contributed by atoms with Gasteiger partial charge in [-0.25, -0.2) is 5.84 Å². The van der Waals surface area contributed by atoms with Crippen LogP contribution in [0, 0.1) is 0 Å². The number of hydrogen-bond acceptors (Lipinski definition) is 9. The van der Waals surface area contributed by atoms with Gasteiger partial charge in [0.15, 0.2) is 0 Å². The van der Waals surface area contributed by atoms with Gasteiger partial charge < -0.3 is 30.8 Å². The largest absolute Gasteiger partial charge is 0.492 e. The van der Waals surface area contributed by atoms with Crippen molar-refractivity contribution in [1.29, 1.82) is 0 Å². The molecule has 0 unspecified atom stereocenters. The fourth-order valence-electron chi connectivity index (χ4n) is 4.24. The van der Waals surface area contributed by atoms with Gasteiger partial charge in [-0.05, 0) is 67.9 Å². The molecule has 1 heterocycles. The highest BCUT2D eigenvalue weighted by Gasteiger charge is 2.07. The van der Waals surface area contributed by atoms with Crippen LogP contribution >= 0.6 is 0 Å². The minimum atomic E-state index is 0.597. The lowest BCUT2D eigenvalue weighted by Crippen LogP contribution is -2.28. The Morgan fingerprint density at radius 1 is 0.833 bits per heavy atom. The zero-order valence-electron chi connectivity index (χ0n) is 24.5. The van der Waals surface area contributed by atoms with Crippen LogP contribution in [0.3, 0.4) is 0 Å². The first-order chi connectivity index (χ1) is 20.5. The lowest BCUT2D eigenvalue weighted by molar-refractivity contribution is 0.318. The van der Waals surface area contributed by atoms with Crippen LogP contribution < -0.4 is 31.7 Å². The van der Waals surface area contributed by atoms with E-state index in [1.165, 1.54) is 11.1 Å². The van der Waals surface area contributed by atoms with E-state index in [1.54, 1.807) is 11.2 Å². The number of aromatic nitrogens is 3. The first kappa shape index (κ1) is 30.6. The lowest BCUT2D eigenvalue weighted by atomic mass is 10.1. The van der Waals surface area contributed by atoms with Crippen molar-refractivity contribution in [2.24, 2.45) is 11.6 Å². The molecule has 42 heavy (non-hydrogen) atoms. The number of likely N-dealkylation sites (N-methyl/N-ethyl adjacent to an activating group) is 2. The maximum absolute atomic E-state index is 6.35. The average molecular weight is 571 g/mol. The Bertz CT molecular complexity index is 1370. The number of nitrogens with one attached hydrogen (secondary N) is 2. The predicted molar refractivity (Wildman–Crippen MR) is 168 cm³/mol. The van der Waals surface area contributed by atoms with E-state index in [-0.39, 0.29) is 0 Å². The Labute approximate surface area is 248 Å². The molecule has 0 fully saturated rings. The summed E-state index contributed by atoms with van der Waals surface area (Å²) in [5, 5.41) is 16.4. The Morgan fingerprint density at radius 3 is 1.98 bits per heavy atom. The molecule has 0 aliphatic carbocycles. The summed E-state index contributed by atoms with van der Waals surface area (Å²) in [7, 11) is 3.82. The zero-order valence-corrected chi connectivity index (χ0v) is 24.5. The van der Waals surface area contributed by atoms with E-state index >= 15 is 0 Å². The van der Waals surface area contributed by atoms with Crippen LogP contribution in [0.4, 0.5) is 0 Å². The first-order valence-corrected chi connectivity index (χ1v) is 14.3. The third-order valence-corrected chi connectivity index (χ3v) is 6.73. The van der Waals surface area contributed by atoms with Gasteiger partial charge in [0.05, 0.1) is 11.9 Å². The molecule has 6 N–H and O–H groups in total. The Kier molecular flexibility index (Phi) is 11.8. The molecule has 0 saturated heterocycles. The van der Waals surface area contributed by atoms with Crippen molar-refractivity contribution in [3.05, 3.63) is 102 Å². The highest BCUT2D eigenvalue weighted by Crippen LogP contribution is 2.20. The minimum absolute atomic E-state index is 0.597. The number of aryl methyl sites for hydroxylation is 2. The number of benzene rings is 3. The molecule has 222 valence electrons. The standard InChI is InChI=1S/C32H42N8O2/c1-35-17-21-41-29-11-3-25(4-12-29)15-19-39(34)23-31(33)27-7-9-28(10-8-27)32-24-40(38-37-32)20-16-26-5-13-30(14-6-26)42-22-18-36-2/h3-14,23-24,35-36H,15-22,33-34H2,1-2H3/b31-23-. The van der Waals surface area contributed by atoms with Gasteiger partial charge in [0.1, 0.15) is 30.4 Å². The Morgan fingerprint density at radius 2 is 1.40 bits per heavy atom. The number of ether oxygens (including phenoxy) is 2. The maximum atomic E-state index is 6.35. The van der Waals surface area contributed by atoms with Crippen molar-refractivity contribution < 1.29 is 9.47 Å². The second kappa shape index (κ2) is 16.2. The quantitative estimate of drug-likeness (QED) is 0.0860. The number of hydrazine groups is 1. The SMILES string of the molecule is CNCCOc1ccc(CCN(N)/C=C(\N)c2ccc(-c3cn(CCc4ccc(OCCNC)cc4)nn3)cc2)cc1. The Hall–Kier alpha value is -4.38. The van der Waals surface area contributed by atoms with Crippen LogP contribution in [0.25, 0.3) is 17.0 Å². The summed E-state index contributed by atoms with van der Waals surface area (Å²) in [4.78, 5) is 0. The predicted octanol–water partition coefficient (Wildman–Crippen LogP) is 3.06. The van der Waals surface area contributed by atoms with Crippen molar-refractivity contribution in [3.8, 4) is 22.8 Å². The molecule has 0 aliphatic heterocycles. The molecule has 4 aromatic rings. The normalized spacial score (nSPS) is 11.5. The highest BCUT2D eigenvalue weighted by atomic mass is 16.5. The van der Waals surface area contributed by atoms with Gasteiger partial charge in [-0.15, -0.1) is 5.10 Å². The Balaban J connectivity index is 1.24. The summed E-state index contributed by atoms with van der Waals surface area (Å²) in [6.07, 6.45) is 5.38. The summed E-state index contributed by atoms with van der Waals surface area (Å²) in [5.41, 5.74) is 12.0. The van der Waals surface area contributed by atoms with E-state index in [9.17, 15) is 0 Å². The molecule has 3 aromatic carbocycles. The molecule has 0 bridgehead atoms. The molecular formula is C32H42N8O2. The molecule has 0 radical (unpaired) electrons. The van der Waals surface area contributed by atoms with Crippen LogP contribution in [0.1, 0.15) is 16.7 Å². The van der Waals surface area contributed by atoms with Gasteiger partial charge in [-0.3, -0.25) is 4.68 Å². The molecule has 0 atom stereocenters. The molecule has 0 saturated carbocycles. The van der Waals surface area contributed by atoms with Crippen molar-refractivity contribution in [2.45, 2.75) is 19.4 Å². The molecule has 0 aliphatic rings. The third kappa shape index (κ3) is 9.62.